The van der Waals surface area contributed by atoms with Gasteiger partial charge in [-0.3, -0.25) is 4.79 Å². The van der Waals surface area contributed by atoms with Crippen LogP contribution in [0, 0.1) is 5.95 Å². The summed E-state index contributed by atoms with van der Waals surface area (Å²) in [7, 11) is 0. The Morgan fingerprint density at radius 3 is 2.78 bits per heavy atom. The number of pyridine rings is 1. The van der Waals surface area contributed by atoms with E-state index in [2.05, 4.69) is 4.98 Å². The van der Waals surface area contributed by atoms with Gasteiger partial charge < -0.3 is 4.74 Å². The van der Waals surface area contributed by atoms with E-state index < -0.39 is 5.95 Å². The molecule has 3 nitrogen and oxygen atoms in total. The first-order valence-electron chi connectivity index (χ1n) is 5.58. The molecule has 0 aliphatic heterocycles. The van der Waals surface area contributed by atoms with Gasteiger partial charge in [-0.15, -0.1) is 0 Å². The third-order valence-electron chi connectivity index (χ3n) is 2.50. The lowest BCUT2D eigenvalue weighted by atomic mass is 10.0. The van der Waals surface area contributed by atoms with Crippen LogP contribution in [0.25, 0.3) is 11.1 Å². The molecule has 0 unspecified atom stereocenters. The average Bonchev–Trinajstić information content (AvgIpc) is 2.40. The third kappa shape index (κ3) is 2.53. The first-order chi connectivity index (χ1) is 8.74. The monoisotopic (exact) mass is 245 g/mol. The fourth-order valence-corrected chi connectivity index (χ4v) is 1.69. The summed E-state index contributed by atoms with van der Waals surface area (Å²) < 4.78 is 18.1. The molecule has 0 saturated heterocycles. The second-order valence-corrected chi connectivity index (χ2v) is 3.67. The van der Waals surface area contributed by atoms with Gasteiger partial charge in [0.1, 0.15) is 5.75 Å². The van der Waals surface area contributed by atoms with Crippen molar-refractivity contribution in [3.63, 3.8) is 0 Å². The van der Waals surface area contributed by atoms with Gasteiger partial charge >= 0.3 is 0 Å². The van der Waals surface area contributed by atoms with Gasteiger partial charge in [0.05, 0.1) is 6.61 Å². The van der Waals surface area contributed by atoms with E-state index >= 15 is 0 Å². The fourth-order valence-electron chi connectivity index (χ4n) is 1.69. The topological polar surface area (TPSA) is 39.2 Å². The van der Waals surface area contributed by atoms with Crippen molar-refractivity contribution in [1.29, 1.82) is 0 Å². The van der Waals surface area contributed by atoms with Crippen LogP contribution >= 0.6 is 0 Å². The van der Waals surface area contributed by atoms with Gasteiger partial charge in [-0.2, -0.15) is 4.39 Å². The first kappa shape index (κ1) is 12.2. The number of rotatable bonds is 4. The normalized spacial score (nSPS) is 10.1. The minimum atomic E-state index is -0.544. The molecule has 0 atom stereocenters. The SMILES string of the molecule is CCOc1ccc(-c2ccc(F)nc2)c(C=O)c1. The van der Waals surface area contributed by atoms with E-state index in [4.69, 9.17) is 4.74 Å². The highest BCUT2D eigenvalue weighted by Crippen LogP contribution is 2.26. The Labute approximate surface area is 104 Å². The summed E-state index contributed by atoms with van der Waals surface area (Å²) in [6, 6.07) is 8.05. The number of hydrogen-bond donors (Lipinski definition) is 0. The second-order valence-electron chi connectivity index (χ2n) is 3.67. The molecule has 1 aromatic carbocycles. The van der Waals surface area contributed by atoms with Gasteiger partial charge in [-0.25, -0.2) is 4.98 Å². The molecule has 0 amide bonds. The summed E-state index contributed by atoms with van der Waals surface area (Å²) in [4.78, 5) is 14.6. The summed E-state index contributed by atoms with van der Waals surface area (Å²) in [5.41, 5.74) is 1.90. The molecule has 18 heavy (non-hydrogen) atoms. The maximum Gasteiger partial charge on any atom is 0.212 e. The summed E-state index contributed by atoms with van der Waals surface area (Å²) in [6.07, 6.45) is 2.15. The molecule has 1 aromatic heterocycles. The number of benzene rings is 1. The maximum absolute atomic E-state index is 12.7. The Bertz CT molecular complexity index is 552. The number of aldehydes is 1. The molecule has 0 aliphatic rings. The van der Waals surface area contributed by atoms with Crippen LogP contribution in [0.3, 0.4) is 0 Å². The van der Waals surface area contributed by atoms with E-state index in [1.54, 1.807) is 24.3 Å². The minimum absolute atomic E-state index is 0.495. The largest absolute Gasteiger partial charge is 0.494 e. The van der Waals surface area contributed by atoms with Crippen molar-refractivity contribution in [2.45, 2.75) is 6.92 Å². The van der Waals surface area contributed by atoms with Crippen LogP contribution in [-0.2, 0) is 0 Å². The molecule has 2 rings (SSSR count). The van der Waals surface area contributed by atoms with Crippen LogP contribution in [0.4, 0.5) is 4.39 Å². The lowest BCUT2D eigenvalue weighted by Crippen LogP contribution is -1.95. The van der Waals surface area contributed by atoms with E-state index in [0.717, 1.165) is 6.29 Å². The molecule has 4 heteroatoms. The first-order valence-corrected chi connectivity index (χ1v) is 5.58. The third-order valence-corrected chi connectivity index (χ3v) is 2.50. The highest BCUT2D eigenvalue weighted by molar-refractivity contribution is 5.88. The molecule has 0 N–H and O–H groups in total. The molecular formula is C14H12FNO2. The van der Waals surface area contributed by atoms with Gasteiger partial charge in [0, 0.05) is 17.3 Å². The Morgan fingerprint density at radius 1 is 1.33 bits per heavy atom. The van der Waals surface area contributed by atoms with Crippen LogP contribution < -0.4 is 4.74 Å². The average molecular weight is 245 g/mol. The lowest BCUT2D eigenvalue weighted by Gasteiger charge is -2.08. The van der Waals surface area contributed by atoms with Gasteiger partial charge in [-0.05, 0) is 42.8 Å². The number of hydrogen-bond acceptors (Lipinski definition) is 3. The van der Waals surface area contributed by atoms with Crippen molar-refractivity contribution in [3.8, 4) is 16.9 Å². The lowest BCUT2D eigenvalue weighted by molar-refractivity contribution is 0.112. The summed E-state index contributed by atoms with van der Waals surface area (Å²) in [6.45, 7) is 2.41. The van der Waals surface area contributed by atoms with E-state index in [-0.39, 0.29) is 0 Å². The second kappa shape index (κ2) is 5.40. The zero-order valence-electron chi connectivity index (χ0n) is 9.89. The van der Waals surface area contributed by atoms with Crippen molar-refractivity contribution in [3.05, 3.63) is 48.0 Å². The van der Waals surface area contributed by atoms with Gasteiger partial charge in [0.25, 0.3) is 0 Å². The smallest absolute Gasteiger partial charge is 0.212 e. The van der Waals surface area contributed by atoms with E-state index in [0.29, 0.717) is 29.0 Å². The molecule has 0 fully saturated rings. The van der Waals surface area contributed by atoms with Crippen molar-refractivity contribution in [2.75, 3.05) is 6.61 Å². The standard InChI is InChI=1S/C14H12FNO2/c1-2-18-12-4-5-13(11(7-12)9-17)10-3-6-14(15)16-8-10/h3-9H,2H2,1H3. The molecule has 92 valence electrons. The number of nitrogens with zero attached hydrogens (tertiary/aromatic N) is 1. The van der Waals surface area contributed by atoms with E-state index in [1.165, 1.54) is 12.3 Å². The van der Waals surface area contributed by atoms with Crippen LogP contribution in [-0.4, -0.2) is 17.9 Å². The van der Waals surface area contributed by atoms with Crippen LogP contribution in [0.15, 0.2) is 36.5 Å². The number of aromatic nitrogens is 1. The zero-order valence-corrected chi connectivity index (χ0v) is 9.89. The molecule has 1 heterocycles. The fraction of sp³-hybridized carbons (Fsp3) is 0.143. The van der Waals surface area contributed by atoms with Crippen LogP contribution in [0.1, 0.15) is 17.3 Å². The quantitative estimate of drug-likeness (QED) is 0.613. The van der Waals surface area contributed by atoms with Crippen molar-refractivity contribution in [1.82, 2.24) is 4.98 Å². The van der Waals surface area contributed by atoms with Gasteiger partial charge in [0.15, 0.2) is 6.29 Å². The molecule has 0 spiro atoms. The Kier molecular flexibility index (Phi) is 3.67. The maximum atomic E-state index is 12.7. The minimum Gasteiger partial charge on any atom is -0.494 e. The number of ether oxygens (including phenoxy) is 1. The summed E-state index contributed by atoms with van der Waals surface area (Å²) in [5.74, 6) is 0.0933. The Hall–Kier alpha value is -2.23. The van der Waals surface area contributed by atoms with E-state index in [1.807, 2.05) is 6.92 Å². The summed E-state index contributed by atoms with van der Waals surface area (Å²) >= 11 is 0. The van der Waals surface area contributed by atoms with Crippen molar-refractivity contribution >= 4 is 6.29 Å². The molecule has 0 saturated carbocycles. The predicted octanol–water partition coefficient (Wildman–Crippen LogP) is 3.10. The van der Waals surface area contributed by atoms with Gasteiger partial charge in [0.2, 0.25) is 5.95 Å². The van der Waals surface area contributed by atoms with Crippen molar-refractivity contribution < 1.29 is 13.9 Å². The molecular weight excluding hydrogens is 233 g/mol. The predicted molar refractivity (Wildman–Crippen MR) is 66.2 cm³/mol. The molecule has 2 aromatic rings. The Balaban J connectivity index is 2.44. The highest BCUT2D eigenvalue weighted by atomic mass is 19.1. The van der Waals surface area contributed by atoms with Crippen molar-refractivity contribution in [2.24, 2.45) is 0 Å². The zero-order chi connectivity index (χ0) is 13.0. The molecule has 0 aliphatic carbocycles. The number of halogens is 1. The van der Waals surface area contributed by atoms with E-state index in [9.17, 15) is 9.18 Å². The van der Waals surface area contributed by atoms with Gasteiger partial charge in [-0.1, -0.05) is 0 Å². The van der Waals surface area contributed by atoms with Crippen LogP contribution in [0.2, 0.25) is 0 Å². The van der Waals surface area contributed by atoms with Crippen LogP contribution in [0.5, 0.6) is 5.75 Å². The summed E-state index contributed by atoms with van der Waals surface area (Å²) in [5, 5.41) is 0. The Morgan fingerprint density at radius 2 is 2.17 bits per heavy atom. The number of carbonyl (C=O) groups is 1. The highest BCUT2D eigenvalue weighted by Gasteiger charge is 2.07. The molecule has 0 bridgehead atoms. The molecule has 0 radical (unpaired) electrons. The number of carbonyl (C=O) groups excluding carboxylic acids is 1.